The zero-order chi connectivity index (χ0) is 13.7. The molecule has 1 aromatic rings. The van der Waals surface area contributed by atoms with Gasteiger partial charge in [-0.25, -0.2) is 9.97 Å². The lowest BCUT2D eigenvalue weighted by molar-refractivity contribution is 0.404. The van der Waals surface area contributed by atoms with Crippen molar-refractivity contribution in [1.29, 1.82) is 0 Å². The minimum atomic E-state index is 0.591. The number of nitrogen functional groups attached to an aromatic ring is 1. The molecule has 3 saturated carbocycles. The molecule has 3 unspecified atom stereocenters. The van der Waals surface area contributed by atoms with Crippen LogP contribution in [0.3, 0.4) is 0 Å². The Hall–Kier alpha value is -0.390. The van der Waals surface area contributed by atoms with E-state index in [1.54, 1.807) is 0 Å². The molecular formula is C16H22IN3. The van der Waals surface area contributed by atoms with Crippen molar-refractivity contribution in [3.05, 3.63) is 15.1 Å². The van der Waals surface area contributed by atoms with Crippen molar-refractivity contribution >= 4 is 28.4 Å². The third-order valence-corrected chi connectivity index (χ3v) is 6.84. The molecule has 20 heavy (non-hydrogen) atoms. The number of halogens is 1. The largest absolute Gasteiger partial charge is 0.383 e. The molecule has 3 aliphatic rings. The first-order chi connectivity index (χ1) is 9.72. The quantitative estimate of drug-likeness (QED) is 0.778. The van der Waals surface area contributed by atoms with Crippen molar-refractivity contribution in [1.82, 2.24) is 9.97 Å². The summed E-state index contributed by atoms with van der Waals surface area (Å²) in [5.74, 6) is 4.77. The van der Waals surface area contributed by atoms with Crippen molar-refractivity contribution in [3.63, 3.8) is 0 Å². The molecule has 0 saturated heterocycles. The lowest BCUT2D eigenvalue weighted by atomic mass is 9.88. The first-order valence-corrected chi connectivity index (χ1v) is 9.13. The average Bonchev–Trinajstić information content (AvgIpc) is 3.18. The molecule has 0 amide bonds. The molecule has 3 atom stereocenters. The number of hydrogen-bond acceptors (Lipinski definition) is 3. The summed E-state index contributed by atoms with van der Waals surface area (Å²) >= 11 is 2.35. The van der Waals surface area contributed by atoms with E-state index in [0.29, 0.717) is 11.8 Å². The van der Waals surface area contributed by atoms with Crippen molar-refractivity contribution in [2.75, 3.05) is 5.73 Å². The predicted octanol–water partition coefficient (Wildman–Crippen LogP) is 4.22. The van der Waals surface area contributed by atoms with Crippen LogP contribution in [-0.2, 0) is 0 Å². The van der Waals surface area contributed by atoms with Crippen molar-refractivity contribution in [3.8, 4) is 0 Å². The maximum atomic E-state index is 6.20. The van der Waals surface area contributed by atoms with Crippen LogP contribution in [0.1, 0.15) is 74.7 Å². The molecule has 0 radical (unpaired) electrons. The van der Waals surface area contributed by atoms with E-state index in [1.807, 2.05) is 0 Å². The van der Waals surface area contributed by atoms with Crippen molar-refractivity contribution < 1.29 is 0 Å². The smallest absolute Gasteiger partial charge is 0.140 e. The summed E-state index contributed by atoms with van der Waals surface area (Å²) < 4.78 is 1.11. The molecule has 2 bridgehead atoms. The van der Waals surface area contributed by atoms with Gasteiger partial charge in [0.05, 0.1) is 9.26 Å². The van der Waals surface area contributed by atoms with E-state index in [1.165, 1.54) is 57.1 Å². The van der Waals surface area contributed by atoms with E-state index >= 15 is 0 Å². The third-order valence-electron chi connectivity index (χ3n) is 5.73. The first-order valence-electron chi connectivity index (χ1n) is 8.05. The zero-order valence-electron chi connectivity index (χ0n) is 11.8. The van der Waals surface area contributed by atoms with E-state index in [9.17, 15) is 0 Å². The van der Waals surface area contributed by atoms with E-state index in [4.69, 9.17) is 10.7 Å². The van der Waals surface area contributed by atoms with Gasteiger partial charge in [-0.2, -0.15) is 0 Å². The number of anilines is 1. The molecule has 1 aromatic heterocycles. The summed E-state index contributed by atoms with van der Waals surface area (Å²) in [5, 5.41) is 0. The topological polar surface area (TPSA) is 51.8 Å². The summed E-state index contributed by atoms with van der Waals surface area (Å²) in [4.78, 5) is 9.68. The Bertz CT molecular complexity index is 525. The number of fused-ring (bicyclic) bond motifs is 2. The highest BCUT2D eigenvalue weighted by atomic mass is 127. The molecule has 0 spiro atoms. The van der Waals surface area contributed by atoms with Crippen LogP contribution in [0.5, 0.6) is 0 Å². The minimum Gasteiger partial charge on any atom is -0.383 e. The molecular weight excluding hydrogens is 361 g/mol. The Morgan fingerprint density at radius 1 is 1.00 bits per heavy atom. The summed E-state index contributed by atoms with van der Waals surface area (Å²) in [6.07, 6.45) is 10.8. The van der Waals surface area contributed by atoms with E-state index in [0.717, 1.165) is 27.0 Å². The highest BCUT2D eigenvalue weighted by Gasteiger charge is 2.42. The van der Waals surface area contributed by atoms with E-state index in [2.05, 4.69) is 27.6 Å². The Morgan fingerprint density at radius 2 is 1.80 bits per heavy atom. The van der Waals surface area contributed by atoms with Crippen LogP contribution in [0.25, 0.3) is 0 Å². The molecule has 3 aliphatic carbocycles. The van der Waals surface area contributed by atoms with E-state index < -0.39 is 0 Å². The maximum absolute atomic E-state index is 6.20. The highest BCUT2D eigenvalue weighted by molar-refractivity contribution is 14.1. The van der Waals surface area contributed by atoms with Gasteiger partial charge in [0.2, 0.25) is 0 Å². The molecule has 0 aromatic carbocycles. The average molecular weight is 383 g/mol. The van der Waals surface area contributed by atoms with Gasteiger partial charge < -0.3 is 5.73 Å². The predicted molar refractivity (Wildman–Crippen MR) is 88.6 cm³/mol. The molecule has 4 rings (SSSR count). The summed E-state index contributed by atoms with van der Waals surface area (Å²) in [5.41, 5.74) is 7.45. The molecule has 3 nitrogen and oxygen atoms in total. The Morgan fingerprint density at radius 3 is 2.45 bits per heavy atom. The number of rotatable bonds is 2. The molecule has 3 fully saturated rings. The standard InChI is InChI=1S/C16H22IN3/c17-13-14(10-3-1-2-4-10)19-16(20-15(13)18)12-8-9-5-6-11(12)7-9/h9-12H,1-8H2,(H2,18,19,20). The number of aromatic nitrogens is 2. The first kappa shape index (κ1) is 13.3. The van der Waals surface area contributed by atoms with Gasteiger partial charge in [0.25, 0.3) is 0 Å². The number of hydrogen-bond donors (Lipinski definition) is 1. The van der Waals surface area contributed by atoms with Crippen LogP contribution in [0, 0.1) is 15.4 Å². The second-order valence-electron chi connectivity index (χ2n) is 6.93. The van der Waals surface area contributed by atoms with E-state index in [-0.39, 0.29) is 0 Å². The molecule has 0 aliphatic heterocycles. The van der Waals surface area contributed by atoms with Gasteiger partial charge in [0.1, 0.15) is 11.6 Å². The Balaban J connectivity index is 1.69. The van der Waals surface area contributed by atoms with Gasteiger partial charge in [-0.1, -0.05) is 19.3 Å². The minimum absolute atomic E-state index is 0.591. The zero-order valence-corrected chi connectivity index (χ0v) is 14.0. The van der Waals surface area contributed by atoms with Crippen LogP contribution in [0.15, 0.2) is 0 Å². The van der Waals surface area contributed by atoms with Gasteiger partial charge in [0, 0.05) is 11.8 Å². The van der Waals surface area contributed by atoms with Gasteiger partial charge in [-0.15, -0.1) is 0 Å². The van der Waals surface area contributed by atoms with Crippen molar-refractivity contribution in [2.45, 2.75) is 63.2 Å². The maximum Gasteiger partial charge on any atom is 0.140 e. The molecule has 4 heteroatoms. The van der Waals surface area contributed by atoms with Crippen LogP contribution in [-0.4, -0.2) is 9.97 Å². The summed E-state index contributed by atoms with van der Waals surface area (Å²) in [7, 11) is 0. The summed E-state index contributed by atoms with van der Waals surface area (Å²) in [6, 6.07) is 0. The number of nitrogens with zero attached hydrogens (tertiary/aromatic N) is 2. The van der Waals surface area contributed by atoms with Crippen LogP contribution >= 0.6 is 22.6 Å². The van der Waals surface area contributed by atoms with Crippen molar-refractivity contribution in [2.24, 2.45) is 11.8 Å². The Kier molecular flexibility index (Phi) is 3.39. The van der Waals surface area contributed by atoms with Crippen LogP contribution in [0.2, 0.25) is 0 Å². The van der Waals surface area contributed by atoms with Crippen LogP contribution < -0.4 is 5.73 Å². The molecule has 108 valence electrons. The van der Waals surface area contributed by atoms with Gasteiger partial charge in [-0.3, -0.25) is 0 Å². The fourth-order valence-electron chi connectivity index (χ4n) is 4.70. The summed E-state index contributed by atoms with van der Waals surface area (Å²) in [6.45, 7) is 0. The monoisotopic (exact) mass is 383 g/mol. The second kappa shape index (κ2) is 5.11. The van der Waals surface area contributed by atoms with Gasteiger partial charge in [-0.05, 0) is 66.5 Å². The van der Waals surface area contributed by atoms with Gasteiger partial charge in [0.15, 0.2) is 0 Å². The van der Waals surface area contributed by atoms with Crippen LogP contribution in [0.4, 0.5) is 5.82 Å². The third kappa shape index (κ3) is 2.14. The highest BCUT2D eigenvalue weighted by Crippen LogP contribution is 2.52. The fourth-order valence-corrected chi connectivity index (χ4v) is 5.38. The fraction of sp³-hybridized carbons (Fsp3) is 0.750. The SMILES string of the molecule is Nc1nc(C2CC3CCC2C3)nc(C2CCCC2)c1I. The lowest BCUT2D eigenvalue weighted by Gasteiger charge is -2.22. The number of nitrogens with two attached hydrogens (primary N) is 1. The Labute approximate surface area is 134 Å². The molecule has 2 N–H and O–H groups in total. The second-order valence-corrected chi connectivity index (χ2v) is 8.01. The normalized spacial score (nSPS) is 33.1. The lowest BCUT2D eigenvalue weighted by Crippen LogP contribution is -2.16. The van der Waals surface area contributed by atoms with Gasteiger partial charge >= 0.3 is 0 Å². The molecule has 1 heterocycles.